The molecule has 1 heterocycles. The van der Waals surface area contributed by atoms with Crippen molar-refractivity contribution in [1.29, 1.82) is 0 Å². The summed E-state index contributed by atoms with van der Waals surface area (Å²) in [5, 5.41) is 0. The molecule has 0 saturated carbocycles. The molecule has 0 atom stereocenters. The van der Waals surface area contributed by atoms with Crippen molar-refractivity contribution in [2.45, 2.75) is 18.4 Å². The summed E-state index contributed by atoms with van der Waals surface area (Å²) in [4.78, 5) is 12.4. The van der Waals surface area contributed by atoms with Crippen molar-refractivity contribution in [3.63, 3.8) is 0 Å². The topological polar surface area (TPSA) is 35.5 Å². The average Bonchev–Trinajstić information content (AvgIpc) is 2.39. The Balaban J connectivity index is 2.24. The summed E-state index contributed by atoms with van der Waals surface area (Å²) in [5.74, 6) is 0.0684. The van der Waals surface area contributed by atoms with E-state index in [9.17, 15) is 4.79 Å². The Morgan fingerprint density at radius 1 is 1.25 bits per heavy atom. The van der Waals surface area contributed by atoms with Gasteiger partial charge in [0.15, 0.2) is 5.78 Å². The Hall–Kier alpha value is -1.19. The first-order valence-electron chi connectivity index (χ1n) is 5.51. The van der Waals surface area contributed by atoms with E-state index in [1.54, 1.807) is 7.11 Å². The normalized spacial score (nSPS) is 19.3. The van der Waals surface area contributed by atoms with E-state index in [1.165, 1.54) is 0 Å². The van der Waals surface area contributed by atoms with Gasteiger partial charge in [0.25, 0.3) is 0 Å². The molecule has 1 aliphatic heterocycles. The van der Waals surface area contributed by atoms with Crippen molar-refractivity contribution in [2.24, 2.45) is 0 Å². The second-order valence-corrected chi connectivity index (χ2v) is 4.01. The second kappa shape index (κ2) is 4.76. The summed E-state index contributed by atoms with van der Waals surface area (Å²) in [6.45, 7) is 1.18. The van der Waals surface area contributed by atoms with E-state index in [2.05, 4.69) is 0 Å². The Morgan fingerprint density at radius 2 is 1.88 bits per heavy atom. The highest BCUT2D eigenvalue weighted by molar-refractivity contribution is 6.02. The predicted octanol–water partition coefficient (Wildman–Crippen LogP) is 2.06. The molecule has 16 heavy (non-hydrogen) atoms. The third-order valence-electron chi connectivity index (χ3n) is 3.14. The molecule has 0 radical (unpaired) electrons. The Kier molecular flexibility index (Phi) is 3.36. The lowest BCUT2D eigenvalue weighted by molar-refractivity contribution is -0.0663. The SMILES string of the molecule is COC1(C(=O)c2ccccc2)CCOCC1. The van der Waals surface area contributed by atoms with Gasteiger partial charge in [0, 0.05) is 38.7 Å². The van der Waals surface area contributed by atoms with Gasteiger partial charge in [-0.25, -0.2) is 0 Å². The summed E-state index contributed by atoms with van der Waals surface area (Å²) in [5.41, 5.74) is 0.0332. The quantitative estimate of drug-likeness (QED) is 0.731. The fraction of sp³-hybridized carbons (Fsp3) is 0.462. The maximum Gasteiger partial charge on any atom is 0.194 e. The molecule has 0 spiro atoms. The van der Waals surface area contributed by atoms with Gasteiger partial charge in [-0.15, -0.1) is 0 Å². The van der Waals surface area contributed by atoms with Crippen molar-refractivity contribution in [3.8, 4) is 0 Å². The minimum atomic E-state index is -0.681. The molecule has 3 heteroatoms. The van der Waals surface area contributed by atoms with Gasteiger partial charge in [-0.3, -0.25) is 4.79 Å². The van der Waals surface area contributed by atoms with Gasteiger partial charge >= 0.3 is 0 Å². The van der Waals surface area contributed by atoms with E-state index >= 15 is 0 Å². The van der Waals surface area contributed by atoms with Crippen molar-refractivity contribution >= 4 is 5.78 Å². The van der Waals surface area contributed by atoms with Gasteiger partial charge in [0.2, 0.25) is 0 Å². The summed E-state index contributed by atoms with van der Waals surface area (Å²) in [6.07, 6.45) is 1.27. The first kappa shape index (κ1) is 11.3. The Labute approximate surface area is 95.4 Å². The Morgan fingerprint density at radius 3 is 2.44 bits per heavy atom. The lowest BCUT2D eigenvalue weighted by Gasteiger charge is -2.34. The molecule has 0 N–H and O–H groups in total. The van der Waals surface area contributed by atoms with E-state index in [0.717, 1.165) is 0 Å². The second-order valence-electron chi connectivity index (χ2n) is 4.01. The number of hydrogen-bond acceptors (Lipinski definition) is 3. The van der Waals surface area contributed by atoms with E-state index < -0.39 is 5.60 Å². The number of Topliss-reactive ketones (excluding diaryl/α,β-unsaturated/α-hetero) is 1. The Bertz CT molecular complexity index is 353. The highest BCUT2D eigenvalue weighted by Crippen LogP contribution is 2.28. The molecular weight excluding hydrogens is 204 g/mol. The third-order valence-corrected chi connectivity index (χ3v) is 3.14. The van der Waals surface area contributed by atoms with Gasteiger partial charge in [0.1, 0.15) is 5.60 Å². The van der Waals surface area contributed by atoms with Crippen molar-refractivity contribution in [2.75, 3.05) is 20.3 Å². The monoisotopic (exact) mass is 220 g/mol. The highest BCUT2D eigenvalue weighted by atomic mass is 16.5. The molecule has 3 nitrogen and oxygen atoms in total. The number of hydrogen-bond donors (Lipinski definition) is 0. The largest absolute Gasteiger partial charge is 0.381 e. The molecule has 0 bridgehead atoms. The van der Waals surface area contributed by atoms with Crippen LogP contribution in [0.15, 0.2) is 30.3 Å². The zero-order valence-corrected chi connectivity index (χ0v) is 9.44. The van der Waals surface area contributed by atoms with E-state index in [4.69, 9.17) is 9.47 Å². The number of carbonyl (C=O) groups excluding carboxylic acids is 1. The highest BCUT2D eigenvalue weighted by Gasteiger charge is 2.40. The van der Waals surface area contributed by atoms with Crippen molar-refractivity contribution < 1.29 is 14.3 Å². The third kappa shape index (κ3) is 2.01. The summed E-state index contributed by atoms with van der Waals surface area (Å²) >= 11 is 0. The maximum absolute atomic E-state index is 12.4. The molecule has 0 unspecified atom stereocenters. The minimum absolute atomic E-state index is 0.0684. The standard InChI is InChI=1S/C13H16O3/c1-15-13(7-9-16-10-8-13)12(14)11-5-3-2-4-6-11/h2-6H,7-10H2,1H3. The molecule has 2 rings (SSSR count). The number of ketones is 1. The van der Waals surface area contributed by atoms with E-state index in [0.29, 0.717) is 31.6 Å². The summed E-state index contributed by atoms with van der Waals surface area (Å²) in [7, 11) is 1.60. The zero-order valence-electron chi connectivity index (χ0n) is 9.44. The van der Waals surface area contributed by atoms with Gasteiger partial charge in [0.05, 0.1) is 0 Å². The number of rotatable bonds is 3. The van der Waals surface area contributed by atoms with Crippen LogP contribution in [0.3, 0.4) is 0 Å². The number of benzene rings is 1. The van der Waals surface area contributed by atoms with Gasteiger partial charge < -0.3 is 9.47 Å². The number of methoxy groups -OCH3 is 1. The fourth-order valence-electron chi connectivity index (χ4n) is 2.08. The average molecular weight is 220 g/mol. The first-order chi connectivity index (χ1) is 7.78. The van der Waals surface area contributed by atoms with Crippen LogP contribution >= 0.6 is 0 Å². The number of carbonyl (C=O) groups is 1. The summed E-state index contributed by atoms with van der Waals surface area (Å²) in [6, 6.07) is 9.31. The van der Waals surface area contributed by atoms with Crippen LogP contribution in [0.1, 0.15) is 23.2 Å². The molecule has 86 valence electrons. The molecule has 0 aromatic heterocycles. The van der Waals surface area contributed by atoms with E-state index in [-0.39, 0.29) is 5.78 Å². The van der Waals surface area contributed by atoms with Crippen LogP contribution in [0.5, 0.6) is 0 Å². The fourth-order valence-corrected chi connectivity index (χ4v) is 2.08. The minimum Gasteiger partial charge on any atom is -0.381 e. The molecule has 1 saturated heterocycles. The lowest BCUT2D eigenvalue weighted by Crippen LogP contribution is -2.45. The van der Waals surface area contributed by atoms with Crippen LogP contribution in [0, 0.1) is 0 Å². The van der Waals surface area contributed by atoms with Gasteiger partial charge in [-0.1, -0.05) is 30.3 Å². The van der Waals surface area contributed by atoms with Crippen molar-refractivity contribution in [1.82, 2.24) is 0 Å². The molecule has 1 aliphatic rings. The van der Waals surface area contributed by atoms with Crippen LogP contribution in [0.2, 0.25) is 0 Å². The predicted molar refractivity (Wildman–Crippen MR) is 60.6 cm³/mol. The van der Waals surface area contributed by atoms with Gasteiger partial charge in [-0.2, -0.15) is 0 Å². The molecule has 0 aliphatic carbocycles. The number of ether oxygens (including phenoxy) is 2. The van der Waals surface area contributed by atoms with Gasteiger partial charge in [-0.05, 0) is 0 Å². The van der Waals surface area contributed by atoms with Crippen molar-refractivity contribution in [3.05, 3.63) is 35.9 Å². The van der Waals surface area contributed by atoms with Crippen LogP contribution in [0.25, 0.3) is 0 Å². The lowest BCUT2D eigenvalue weighted by atomic mass is 9.86. The van der Waals surface area contributed by atoms with Crippen LogP contribution in [0.4, 0.5) is 0 Å². The smallest absolute Gasteiger partial charge is 0.194 e. The summed E-state index contributed by atoms with van der Waals surface area (Å²) < 4.78 is 10.7. The first-order valence-corrected chi connectivity index (χ1v) is 5.51. The zero-order chi connectivity index (χ0) is 11.4. The molecule has 1 aromatic rings. The van der Waals surface area contributed by atoms with Crippen LogP contribution in [-0.2, 0) is 9.47 Å². The van der Waals surface area contributed by atoms with Crippen LogP contribution < -0.4 is 0 Å². The van der Waals surface area contributed by atoms with E-state index in [1.807, 2.05) is 30.3 Å². The molecular formula is C13H16O3. The molecule has 1 aromatic carbocycles. The maximum atomic E-state index is 12.4. The molecule has 0 amide bonds. The molecule has 1 fully saturated rings. The van der Waals surface area contributed by atoms with Crippen LogP contribution in [-0.4, -0.2) is 31.7 Å².